The lowest BCUT2D eigenvalue weighted by Gasteiger charge is -2.09. The molecule has 0 amide bonds. The highest BCUT2D eigenvalue weighted by Gasteiger charge is 2.03. The zero-order valence-corrected chi connectivity index (χ0v) is 11.5. The van der Waals surface area contributed by atoms with Crippen LogP contribution in [0.5, 0.6) is 11.5 Å². The van der Waals surface area contributed by atoms with E-state index in [0.717, 1.165) is 12.2 Å². The first kappa shape index (κ1) is 13.7. The molecule has 2 rings (SSSR count). The molecule has 0 radical (unpaired) electrons. The van der Waals surface area contributed by atoms with Crippen LogP contribution in [0.15, 0.2) is 42.5 Å². The molecule has 3 nitrogen and oxygen atoms in total. The summed E-state index contributed by atoms with van der Waals surface area (Å²) in [7, 11) is 1.70. The van der Waals surface area contributed by atoms with Crippen LogP contribution < -0.4 is 10.5 Å². The highest BCUT2D eigenvalue weighted by atomic mass is 35.5. The van der Waals surface area contributed by atoms with E-state index in [-0.39, 0.29) is 0 Å². The molecule has 0 atom stereocenters. The van der Waals surface area contributed by atoms with E-state index < -0.39 is 0 Å². The minimum atomic E-state index is 0.524. The van der Waals surface area contributed by atoms with E-state index in [1.807, 2.05) is 24.3 Å². The molecule has 0 saturated carbocycles. The van der Waals surface area contributed by atoms with Crippen LogP contribution in [-0.4, -0.2) is 13.7 Å². The Morgan fingerprint density at radius 3 is 2.47 bits per heavy atom. The molecule has 0 fully saturated rings. The molecular weight excluding hydrogens is 262 g/mol. The van der Waals surface area contributed by atoms with E-state index in [2.05, 4.69) is 0 Å². The van der Waals surface area contributed by atoms with Gasteiger partial charge < -0.3 is 15.2 Å². The molecular formula is C15H16ClNO2. The van der Waals surface area contributed by atoms with Crippen LogP contribution in [0.25, 0.3) is 0 Å². The van der Waals surface area contributed by atoms with Crippen molar-refractivity contribution >= 4 is 17.3 Å². The molecule has 0 aliphatic carbocycles. The summed E-state index contributed by atoms with van der Waals surface area (Å²) in [4.78, 5) is 0. The molecule has 0 aliphatic rings. The molecule has 0 aromatic heterocycles. The third kappa shape index (κ3) is 3.88. The summed E-state index contributed by atoms with van der Waals surface area (Å²) in [5.41, 5.74) is 7.57. The van der Waals surface area contributed by atoms with Crippen LogP contribution in [0, 0.1) is 0 Å². The number of hydrogen-bond donors (Lipinski definition) is 1. The average Bonchev–Trinajstić information content (AvgIpc) is 2.41. The monoisotopic (exact) mass is 277 g/mol. The van der Waals surface area contributed by atoms with E-state index in [1.54, 1.807) is 25.3 Å². The van der Waals surface area contributed by atoms with Gasteiger partial charge in [0.25, 0.3) is 0 Å². The molecule has 0 unspecified atom stereocenters. The summed E-state index contributed by atoms with van der Waals surface area (Å²) in [6, 6.07) is 13.0. The Balaban J connectivity index is 2.06. The number of rotatable bonds is 5. The Morgan fingerprint density at radius 2 is 1.84 bits per heavy atom. The largest absolute Gasteiger partial charge is 0.455 e. The fraction of sp³-hybridized carbons (Fsp3) is 0.200. The van der Waals surface area contributed by atoms with Crippen molar-refractivity contribution < 1.29 is 9.47 Å². The third-order valence-corrected chi connectivity index (χ3v) is 2.95. The lowest BCUT2D eigenvalue weighted by atomic mass is 10.1. The topological polar surface area (TPSA) is 44.5 Å². The fourth-order valence-electron chi connectivity index (χ4n) is 1.68. The average molecular weight is 278 g/mol. The van der Waals surface area contributed by atoms with Gasteiger partial charge >= 0.3 is 0 Å². The Labute approximate surface area is 117 Å². The normalized spacial score (nSPS) is 10.4. The van der Waals surface area contributed by atoms with Crippen molar-refractivity contribution in [3.05, 3.63) is 53.1 Å². The van der Waals surface area contributed by atoms with Gasteiger partial charge in [0.15, 0.2) is 0 Å². The second-order valence-electron chi connectivity index (χ2n) is 4.17. The fourth-order valence-corrected chi connectivity index (χ4v) is 1.86. The van der Waals surface area contributed by atoms with E-state index in [4.69, 9.17) is 26.8 Å². The van der Waals surface area contributed by atoms with Crippen LogP contribution in [0.4, 0.5) is 5.69 Å². The first-order valence-electron chi connectivity index (χ1n) is 6.00. The second kappa shape index (κ2) is 6.45. The first-order chi connectivity index (χ1) is 9.19. The number of hydrogen-bond acceptors (Lipinski definition) is 3. The van der Waals surface area contributed by atoms with Crippen molar-refractivity contribution in [2.75, 3.05) is 19.5 Å². The van der Waals surface area contributed by atoms with Gasteiger partial charge in [0.1, 0.15) is 11.5 Å². The van der Waals surface area contributed by atoms with Crippen molar-refractivity contribution in [2.45, 2.75) is 6.42 Å². The third-order valence-electron chi connectivity index (χ3n) is 2.72. The standard InChI is InChI=1S/C15H16ClNO2/c1-18-9-8-11-2-5-13(6-3-11)19-15-7-4-12(16)10-14(15)17/h2-7,10H,8-9,17H2,1H3. The van der Waals surface area contributed by atoms with Gasteiger partial charge in [0, 0.05) is 12.1 Å². The van der Waals surface area contributed by atoms with Gasteiger partial charge in [-0.3, -0.25) is 0 Å². The van der Waals surface area contributed by atoms with Crippen LogP contribution in [0.3, 0.4) is 0 Å². The SMILES string of the molecule is COCCc1ccc(Oc2ccc(Cl)cc2N)cc1. The van der Waals surface area contributed by atoms with Gasteiger partial charge in [0.05, 0.1) is 12.3 Å². The predicted octanol–water partition coefficient (Wildman–Crippen LogP) is 3.90. The number of benzene rings is 2. The molecule has 0 spiro atoms. The maximum atomic E-state index is 5.84. The van der Waals surface area contributed by atoms with Crippen molar-refractivity contribution in [3.8, 4) is 11.5 Å². The number of nitrogens with two attached hydrogens (primary N) is 1. The molecule has 4 heteroatoms. The van der Waals surface area contributed by atoms with Gasteiger partial charge in [-0.1, -0.05) is 23.7 Å². The molecule has 0 saturated heterocycles. The number of halogens is 1. The van der Waals surface area contributed by atoms with Gasteiger partial charge in [-0.05, 0) is 42.3 Å². The predicted molar refractivity (Wildman–Crippen MR) is 78.0 cm³/mol. The quantitative estimate of drug-likeness (QED) is 0.843. The minimum absolute atomic E-state index is 0.524. The molecule has 0 aliphatic heterocycles. The van der Waals surface area contributed by atoms with Crippen LogP contribution in [-0.2, 0) is 11.2 Å². The second-order valence-corrected chi connectivity index (χ2v) is 4.61. The Bertz CT molecular complexity index is 540. The molecule has 19 heavy (non-hydrogen) atoms. The van der Waals surface area contributed by atoms with Crippen molar-refractivity contribution in [2.24, 2.45) is 0 Å². The zero-order chi connectivity index (χ0) is 13.7. The highest BCUT2D eigenvalue weighted by Crippen LogP contribution is 2.29. The summed E-state index contributed by atoms with van der Waals surface area (Å²) in [6.45, 7) is 0.713. The highest BCUT2D eigenvalue weighted by molar-refractivity contribution is 6.30. The van der Waals surface area contributed by atoms with Crippen LogP contribution >= 0.6 is 11.6 Å². The smallest absolute Gasteiger partial charge is 0.150 e. The van der Waals surface area contributed by atoms with Gasteiger partial charge in [-0.25, -0.2) is 0 Å². The van der Waals surface area contributed by atoms with Crippen molar-refractivity contribution in [1.82, 2.24) is 0 Å². The number of methoxy groups -OCH3 is 1. The summed E-state index contributed by atoms with van der Waals surface area (Å²) >= 11 is 5.84. The molecule has 100 valence electrons. The Hall–Kier alpha value is -1.71. The van der Waals surface area contributed by atoms with Crippen molar-refractivity contribution in [3.63, 3.8) is 0 Å². The first-order valence-corrected chi connectivity index (χ1v) is 6.37. The summed E-state index contributed by atoms with van der Waals surface area (Å²) in [5, 5.41) is 0.597. The van der Waals surface area contributed by atoms with Crippen LogP contribution in [0.1, 0.15) is 5.56 Å². The molecule has 2 aromatic carbocycles. The molecule has 2 N–H and O–H groups in total. The van der Waals surface area contributed by atoms with Gasteiger partial charge in [-0.15, -0.1) is 0 Å². The molecule has 2 aromatic rings. The Morgan fingerprint density at radius 1 is 1.11 bits per heavy atom. The van der Waals surface area contributed by atoms with E-state index >= 15 is 0 Å². The maximum Gasteiger partial charge on any atom is 0.150 e. The number of ether oxygens (including phenoxy) is 2. The molecule has 0 bridgehead atoms. The zero-order valence-electron chi connectivity index (χ0n) is 10.7. The van der Waals surface area contributed by atoms with E-state index in [9.17, 15) is 0 Å². The molecule has 0 heterocycles. The lowest BCUT2D eigenvalue weighted by molar-refractivity contribution is 0.202. The summed E-state index contributed by atoms with van der Waals surface area (Å²) < 4.78 is 10.7. The lowest BCUT2D eigenvalue weighted by Crippen LogP contribution is -1.95. The number of anilines is 1. The maximum absolute atomic E-state index is 5.84. The summed E-state index contributed by atoms with van der Waals surface area (Å²) in [5.74, 6) is 1.35. The number of nitrogen functional groups attached to an aromatic ring is 1. The van der Waals surface area contributed by atoms with E-state index in [0.29, 0.717) is 23.1 Å². The summed E-state index contributed by atoms with van der Waals surface area (Å²) in [6.07, 6.45) is 0.889. The van der Waals surface area contributed by atoms with Crippen molar-refractivity contribution in [1.29, 1.82) is 0 Å². The minimum Gasteiger partial charge on any atom is -0.455 e. The Kier molecular flexibility index (Phi) is 4.66. The van der Waals surface area contributed by atoms with Gasteiger partial charge in [-0.2, -0.15) is 0 Å². The van der Waals surface area contributed by atoms with Gasteiger partial charge in [0.2, 0.25) is 0 Å². The van der Waals surface area contributed by atoms with E-state index in [1.165, 1.54) is 5.56 Å². The van der Waals surface area contributed by atoms with Crippen LogP contribution in [0.2, 0.25) is 5.02 Å².